The van der Waals surface area contributed by atoms with Crippen molar-refractivity contribution in [1.29, 1.82) is 0 Å². The topological polar surface area (TPSA) is 58.2 Å². The Hall–Kier alpha value is -1.43. The number of benzene rings is 1. The van der Waals surface area contributed by atoms with Gasteiger partial charge in [-0.25, -0.2) is 4.39 Å². The molecular weight excluding hydrogens is 315 g/mol. The van der Waals surface area contributed by atoms with Crippen LogP contribution in [0.3, 0.4) is 0 Å². The number of hydrogen-bond donors (Lipinski definition) is 2. The molecule has 0 aliphatic rings. The van der Waals surface area contributed by atoms with Gasteiger partial charge in [-0.15, -0.1) is 0 Å². The minimum absolute atomic E-state index is 0.161. The molecule has 2 N–H and O–H groups in total. The molecule has 0 aliphatic carbocycles. The zero-order valence-corrected chi connectivity index (χ0v) is 12.6. The molecule has 104 valence electrons. The second kappa shape index (κ2) is 6.14. The van der Waals surface area contributed by atoms with Gasteiger partial charge in [-0.2, -0.15) is 0 Å². The summed E-state index contributed by atoms with van der Waals surface area (Å²) < 4.78 is 13.6. The predicted octanol–water partition coefficient (Wildman–Crippen LogP) is 2.09. The van der Waals surface area contributed by atoms with Gasteiger partial charge in [0.2, 0.25) is 5.91 Å². The molecule has 0 saturated heterocycles. The number of carbonyl (C=O) groups is 2. The molecular formula is C13H16BrFN2O2. The molecule has 1 aromatic carbocycles. The molecule has 4 nitrogen and oxygen atoms in total. The van der Waals surface area contributed by atoms with E-state index >= 15 is 0 Å². The maximum absolute atomic E-state index is 13.1. The third-order valence-corrected chi connectivity index (χ3v) is 3.40. The first kappa shape index (κ1) is 15.6. The van der Waals surface area contributed by atoms with Crippen LogP contribution in [-0.4, -0.2) is 25.4 Å². The lowest BCUT2D eigenvalue weighted by atomic mass is 9.92. The van der Waals surface area contributed by atoms with Gasteiger partial charge in [0.05, 0.1) is 11.0 Å². The molecule has 0 bridgehead atoms. The molecule has 0 aliphatic heterocycles. The summed E-state index contributed by atoms with van der Waals surface area (Å²) in [6, 6.07) is 3.87. The molecule has 0 aromatic heterocycles. The Morgan fingerprint density at radius 3 is 2.58 bits per heavy atom. The fourth-order valence-corrected chi connectivity index (χ4v) is 1.91. The molecule has 0 radical (unpaired) electrons. The van der Waals surface area contributed by atoms with Crippen LogP contribution < -0.4 is 10.6 Å². The highest BCUT2D eigenvalue weighted by Crippen LogP contribution is 2.19. The lowest BCUT2D eigenvalue weighted by molar-refractivity contribution is -0.128. The van der Waals surface area contributed by atoms with Crippen LogP contribution >= 0.6 is 15.9 Å². The molecule has 0 fully saturated rings. The van der Waals surface area contributed by atoms with Crippen molar-refractivity contribution in [1.82, 2.24) is 10.6 Å². The van der Waals surface area contributed by atoms with Crippen LogP contribution in [0.15, 0.2) is 22.7 Å². The summed E-state index contributed by atoms with van der Waals surface area (Å²) in [5, 5.41) is 5.16. The molecule has 2 amide bonds. The van der Waals surface area contributed by atoms with Crippen molar-refractivity contribution >= 4 is 27.7 Å². The number of amides is 2. The van der Waals surface area contributed by atoms with Crippen LogP contribution in [0.4, 0.5) is 4.39 Å². The van der Waals surface area contributed by atoms with E-state index in [9.17, 15) is 14.0 Å². The lowest BCUT2D eigenvalue weighted by Crippen LogP contribution is -2.43. The van der Waals surface area contributed by atoms with Gasteiger partial charge in [0.25, 0.3) is 5.91 Å². The zero-order valence-electron chi connectivity index (χ0n) is 11.0. The average molecular weight is 331 g/mol. The maximum atomic E-state index is 13.1. The van der Waals surface area contributed by atoms with E-state index in [4.69, 9.17) is 0 Å². The molecule has 0 saturated carbocycles. The predicted molar refractivity (Wildman–Crippen MR) is 74.3 cm³/mol. The summed E-state index contributed by atoms with van der Waals surface area (Å²) >= 11 is 3.19. The van der Waals surface area contributed by atoms with Crippen LogP contribution in [0.5, 0.6) is 0 Å². The number of carbonyl (C=O) groups excluding carboxylic acids is 2. The molecule has 0 atom stereocenters. The van der Waals surface area contributed by atoms with E-state index in [-0.39, 0.29) is 18.0 Å². The molecule has 1 aromatic rings. The molecule has 0 spiro atoms. The van der Waals surface area contributed by atoms with Crippen molar-refractivity contribution in [3.63, 3.8) is 0 Å². The first-order valence-electron chi connectivity index (χ1n) is 5.73. The van der Waals surface area contributed by atoms with Gasteiger partial charge in [0, 0.05) is 18.1 Å². The minimum atomic E-state index is -0.732. The van der Waals surface area contributed by atoms with Crippen LogP contribution in [0, 0.1) is 11.2 Å². The van der Waals surface area contributed by atoms with Gasteiger partial charge in [-0.1, -0.05) is 0 Å². The van der Waals surface area contributed by atoms with Crippen molar-refractivity contribution in [3.05, 3.63) is 34.1 Å². The van der Waals surface area contributed by atoms with E-state index in [1.54, 1.807) is 13.8 Å². The van der Waals surface area contributed by atoms with Gasteiger partial charge in [0.15, 0.2) is 0 Å². The van der Waals surface area contributed by atoms with Gasteiger partial charge in [-0.05, 0) is 48.0 Å². The van der Waals surface area contributed by atoms with Crippen molar-refractivity contribution in [2.75, 3.05) is 13.6 Å². The summed E-state index contributed by atoms with van der Waals surface area (Å²) in [5.74, 6) is -1.09. The van der Waals surface area contributed by atoms with E-state index in [2.05, 4.69) is 26.6 Å². The fourth-order valence-electron chi connectivity index (χ4n) is 1.49. The highest BCUT2D eigenvalue weighted by Gasteiger charge is 2.27. The van der Waals surface area contributed by atoms with Crippen LogP contribution in [0.1, 0.15) is 24.2 Å². The standard InChI is InChI=1S/C13H16BrFN2O2/c1-13(2,12(19)16-3)7-17-11(18)9-6-8(15)4-5-10(9)14/h4-6H,7H2,1-3H3,(H,16,19)(H,17,18). The Balaban J connectivity index is 2.76. The van der Waals surface area contributed by atoms with Gasteiger partial charge < -0.3 is 10.6 Å². The number of halogens is 2. The van der Waals surface area contributed by atoms with Crippen LogP contribution in [-0.2, 0) is 4.79 Å². The Morgan fingerprint density at radius 2 is 2.00 bits per heavy atom. The summed E-state index contributed by atoms with van der Waals surface area (Å²) in [6.07, 6.45) is 0. The number of nitrogens with one attached hydrogen (secondary N) is 2. The summed E-state index contributed by atoms with van der Waals surface area (Å²) in [6.45, 7) is 3.59. The van der Waals surface area contributed by atoms with Crippen LogP contribution in [0.2, 0.25) is 0 Å². The fraction of sp³-hybridized carbons (Fsp3) is 0.385. The molecule has 6 heteroatoms. The smallest absolute Gasteiger partial charge is 0.252 e. The molecule has 19 heavy (non-hydrogen) atoms. The Morgan fingerprint density at radius 1 is 1.37 bits per heavy atom. The van der Waals surface area contributed by atoms with E-state index in [0.717, 1.165) is 6.07 Å². The molecule has 0 heterocycles. The van der Waals surface area contributed by atoms with E-state index in [0.29, 0.717) is 4.47 Å². The Bertz CT molecular complexity index is 503. The highest BCUT2D eigenvalue weighted by molar-refractivity contribution is 9.10. The monoisotopic (exact) mass is 330 g/mol. The second-order valence-corrected chi connectivity index (χ2v) is 5.62. The Labute approximate surface area is 119 Å². The second-order valence-electron chi connectivity index (χ2n) is 4.77. The van der Waals surface area contributed by atoms with Gasteiger partial charge in [0.1, 0.15) is 5.82 Å². The van der Waals surface area contributed by atoms with E-state index in [1.807, 2.05) is 0 Å². The first-order valence-corrected chi connectivity index (χ1v) is 6.52. The van der Waals surface area contributed by atoms with Gasteiger partial charge in [-0.3, -0.25) is 9.59 Å². The normalized spacial score (nSPS) is 11.0. The Kier molecular flexibility index (Phi) is 5.05. The van der Waals surface area contributed by atoms with Crippen molar-refractivity contribution in [2.45, 2.75) is 13.8 Å². The largest absolute Gasteiger partial charge is 0.359 e. The van der Waals surface area contributed by atoms with Crippen molar-refractivity contribution in [3.8, 4) is 0 Å². The third kappa shape index (κ3) is 4.02. The number of rotatable bonds is 4. The highest BCUT2D eigenvalue weighted by atomic mass is 79.9. The minimum Gasteiger partial charge on any atom is -0.359 e. The third-order valence-electron chi connectivity index (χ3n) is 2.71. The SMILES string of the molecule is CNC(=O)C(C)(C)CNC(=O)c1cc(F)ccc1Br. The number of hydrogen-bond acceptors (Lipinski definition) is 2. The van der Waals surface area contributed by atoms with E-state index < -0.39 is 17.1 Å². The lowest BCUT2D eigenvalue weighted by Gasteiger charge is -2.22. The van der Waals surface area contributed by atoms with Crippen LogP contribution in [0.25, 0.3) is 0 Å². The molecule has 0 unspecified atom stereocenters. The maximum Gasteiger partial charge on any atom is 0.252 e. The summed E-state index contributed by atoms with van der Waals surface area (Å²) in [4.78, 5) is 23.5. The van der Waals surface area contributed by atoms with Crippen molar-refractivity contribution < 1.29 is 14.0 Å². The van der Waals surface area contributed by atoms with E-state index in [1.165, 1.54) is 19.2 Å². The summed E-state index contributed by atoms with van der Waals surface area (Å²) in [7, 11) is 1.54. The zero-order chi connectivity index (χ0) is 14.6. The van der Waals surface area contributed by atoms with Crippen molar-refractivity contribution in [2.24, 2.45) is 5.41 Å². The summed E-state index contributed by atoms with van der Waals surface area (Å²) in [5.41, 5.74) is -0.530. The average Bonchev–Trinajstić information content (AvgIpc) is 2.37. The quantitative estimate of drug-likeness (QED) is 0.888. The first-order chi connectivity index (χ1) is 8.77. The van der Waals surface area contributed by atoms with Gasteiger partial charge >= 0.3 is 0 Å². The molecule has 1 rings (SSSR count).